The summed E-state index contributed by atoms with van der Waals surface area (Å²) in [7, 11) is 1.74. The van der Waals surface area contributed by atoms with Gasteiger partial charge in [-0.25, -0.2) is 9.97 Å². The number of piperidine rings is 1. The summed E-state index contributed by atoms with van der Waals surface area (Å²) in [6, 6.07) is 15.5. The van der Waals surface area contributed by atoms with Gasteiger partial charge in [0.05, 0.1) is 18.4 Å². The standard InChI is InChI=1S/C28H34N4O3/c1-19-25(16-20-7-8-21-5-3-4-6-22(21)15-20)29-18-30-27(19)28(33)32-12-9-23(10-13-32)31-24-11-14-35-17-26(24)34-2/h3-8,15,18,23-24,26,31H,9-14,16-17H2,1-2H3/t24-,26+/m1/s1. The SMILES string of the molecule is CO[C@H]1COCC[C@H]1NC1CCN(C(=O)c2ncnc(Cc3ccc4ccccc4c3)c2C)CC1. The Balaban J connectivity index is 1.22. The topological polar surface area (TPSA) is 76.6 Å². The zero-order valence-corrected chi connectivity index (χ0v) is 20.6. The molecule has 184 valence electrons. The van der Waals surface area contributed by atoms with Crippen LogP contribution >= 0.6 is 0 Å². The third kappa shape index (κ3) is 5.37. The molecule has 1 N–H and O–H groups in total. The molecule has 2 saturated heterocycles. The van der Waals surface area contributed by atoms with E-state index in [1.54, 1.807) is 7.11 Å². The molecule has 7 heteroatoms. The molecule has 1 amide bonds. The predicted molar refractivity (Wildman–Crippen MR) is 136 cm³/mol. The Bertz CT molecular complexity index is 1180. The number of nitrogens with one attached hydrogen (secondary N) is 1. The van der Waals surface area contributed by atoms with E-state index in [-0.39, 0.29) is 12.0 Å². The van der Waals surface area contributed by atoms with Crippen molar-refractivity contribution in [3.63, 3.8) is 0 Å². The van der Waals surface area contributed by atoms with E-state index in [2.05, 4.69) is 57.7 Å². The number of hydrogen-bond donors (Lipinski definition) is 1. The normalized spacial score (nSPS) is 21.4. The minimum Gasteiger partial charge on any atom is -0.379 e. The lowest BCUT2D eigenvalue weighted by Gasteiger charge is -2.38. The first-order chi connectivity index (χ1) is 17.1. The Morgan fingerprint density at radius 3 is 2.71 bits per heavy atom. The number of nitrogens with zero attached hydrogens (tertiary/aromatic N) is 3. The summed E-state index contributed by atoms with van der Waals surface area (Å²) in [6.07, 6.45) is 5.10. The highest BCUT2D eigenvalue weighted by molar-refractivity contribution is 5.94. The Kier molecular flexibility index (Phi) is 7.37. The van der Waals surface area contributed by atoms with Crippen molar-refractivity contribution >= 4 is 16.7 Å². The van der Waals surface area contributed by atoms with Gasteiger partial charge in [-0.3, -0.25) is 4.79 Å². The molecule has 2 aromatic carbocycles. The molecular formula is C28H34N4O3. The number of hydrogen-bond acceptors (Lipinski definition) is 6. The molecule has 1 aromatic heterocycles. The van der Waals surface area contributed by atoms with E-state index >= 15 is 0 Å². The van der Waals surface area contributed by atoms with Gasteiger partial charge in [0.25, 0.3) is 5.91 Å². The van der Waals surface area contributed by atoms with Crippen molar-refractivity contribution in [1.82, 2.24) is 20.2 Å². The van der Waals surface area contributed by atoms with E-state index in [0.29, 0.717) is 30.8 Å². The van der Waals surface area contributed by atoms with Crippen molar-refractivity contribution in [3.05, 3.63) is 71.3 Å². The first kappa shape index (κ1) is 23.9. The summed E-state index contributed by atoms with van der Waals surface area (Å²) in [4.78, 5) is 24.2. The van der Waals surface area contributed by atoms with Crippen LogP contribution in [0.5, 0.6) is 0 Å². The third-order valence-corrected chi connectivity index (χ3v) is 7.42. The second kappa shape index (κ2) is 10.8. The van der Waals surface area contributed by atoms with Gasteiger partial charge in [-0.05, 0) is 42.5 Å². The van der Waals surface area contributed by atoms with Gasteiger partial charge in [0, 0.05) is 50.9 Å². The van der Waals surface area contributed by atoms with Gasteiger partial charge < -0.3 is 19.7 Å². The lowest BCUT2D eigenvalue weighted by Crippen LogP contribution is -2.54. The number of carbonyl (C=O) groups is 1. The highest BCUT2D eigenvalue weighted by atomic mass is 16.5. The fourth-order valence-corrected chi connectivity index (χ4v) is 5.26. The van der Waals surface area contributed by atoms with Crippen molar-refractivity contribution in [2.45, 2.75) is 50.8 Å². The molecule has 7 nitrogen and oxygen atoms in total. The van der Waals surface area contributed by atoms with Crippen molar-refractivity contribution in [3.8, 4) is 0 Å². The average molecular weight is 475 g/mol. The third-order valence-electron chi connectivity index (χ3n) is 7.42. The highest BCUT2D eigenvalue weighted by Gasteiger charge is 2.31. The zero-order chi connectivity index (χ0) is 24.2. The number of carbonyl (C=O) groups excluding carboxylic acids is 1. The summed E-state index contributed by atoms with van der Waals surface area (Å²) in [6.45, 7) is 4.82. The second-order valence-electron chi connectivity index (χ2n) is 9.63. The van der Waals surface area contributed by atoms with Crippen LogP contribution in [0.15, 0.2) is 48.8 Å². The van der Waals surface area contributed by atoms with E-state index in [9.17, 15) is 4.79 Å². The fraction of sp³-hybridized carbons (Fsp3) is 0.464. The van der Waals surface area contributed by atoms with Crippen LogP contribution in [-0.2, 0) is 15.9 Å². The van der Waals surface area contributed by atoms with E-state index in [4.69, 9.17) is 9.47 Å². The van der Waals surface area contributed by atoms with Crippen molar-refractivity contribution in [2.75, 3.05) is 33.4 Å². The number of rotatable bonds is 6. The molecule has 2 fully saturated rings. The molecule has 0 radical (unpaired) electrons. The molecule has 35 heavy (non-hydrogen) atoms. The molecule has 5 rings (SSSR count). The van der Waals surface area contributed by atoms with Gasteiger partial charge in [0.2, 0.25) is 0 Å². The van der Waals surface area contributed by atoms with Gasteiger partial charge in [0.1, 0.15) is 12.0 Å². The summed E-state index contributed by atoms with van der Waals surface area (Å²) in [5.41, 5.74) is 3.47. The van der Waals surface area contributed by atoms with E-state index in [1.165, 1.54) is 22.7 Å². The van der Waals surface area contributed by atoms with Crippen LogP contribution in [0.25, 0.3) is 10.8 Å². The maximum absolute atomic E-state index is 13.4. The van der Waals surface area contributed by atoms with Gasteiger partial charge in [-0.15, -0.1) is 0 Å². The number of benzene rings is 2. The summed E-state index contributed by atoms with van der Waals surface area (Å²) < 4.78 is 11.1. The second-order valence-corrected chi connectivity index (χ2v) is 9.63. The molecule has 3 aromatic rings. The summed E-state index contributed by atoms with van der Waals surface area (Å²) in [5, 5.41) is 6.18. The Morgan fingerprint density at radius 1 is 1.11 bits per heavy atom. The van der Waals surface area contributed by atoms with Crippen LogP contribution in [0.1, 0.15) is 46.6 Å². The molecule has 0 spiro atoms. The van der Waals surface area contributed by atoms with Crippen LogP contribution in [0, 0.1) is 6.92 Å². The van der Waals surface area contributed by atoms with Gasteiger partial charge in [-0.2, -0.15) is 0 Å². The average Bonchev–Trinajstić information content (AvgIpc) is 2.90. The molecule has 0 aliphatic carbocycles. The quantitative estimate of drug-likeness (QED) is 0.589. The minimum absolute atomic E-state index is 0.00365. The maximum atomic E-state index is 13.4. The Hall–Kier alpha value is -2.87. The summed E-state index contributed by atoms with van der Waals surface area (Å²) in [5.74, 6) is 0.00365. The van der Waals surface area contributed by atoms with E-state index in [1.807, 2.05) is 11.8 Å². The number of fused-ring (bicyclic) bond motifs is 1. The van der Waals surface area contributed by atoms with Gasteiger partial charge >= 0.3 is 0 Å². The lowest BCUT2D eigenvalue weighted by molar-refractivity contribution is -0.0533. The van der Waals surface area contributed by atoms with Crippen LogP contribution in [-0.4, -0.2) is 72.4 Å². The smallest absolute Gasteiger partial charge is 0.272 e. The summed E-state index contributed by atoms with van der Waals surface area (Å²) >= 11 is 0. The first-order valence-corrected chi connectivity index (χ1v) is 12.6. The lowest BCUT2D eigenvalue weighted by atomic mass is 9.99. The van der Waals surface area contributed by atoms with E-state index in [0.717, 1.165) is 50.2 Å². The van der Waals surface area contributed by atoms with Crippen molar-refractivity contribution in [1.29, 1.82) is 0 Å². The maximum Gasteiger partial charge on any atom is 0.272 e. The van der Waals surface area contributed by atoms with Crippen molar-refractivity contribution in [2.24, 2.45) is 0 Å². The Morgan fingerprint density at radius 2 is 1.91 bits per heavy atom. The molecule has 0 unspecified atom stereocenters. The minimum atomic E-state index is 0.00365. The number of amides is 1. The number of ether oxygens (including phenoxy) is 2. The zero-order valence-electron chi connectivity index (χ0n) is 20.6. The number of methoxy groups -OCH3 is 1. The predicted octanol–water partition coefficient (Wildman–Crippen LogP) is 3.53. The van der Waals surface area contributed by atoms with Crippen LogP contribution in [0.2, 0.25) is 0 Å². The molecule has 0 saturated carbocycles. The highest BCUT2D eigenvalue weighted by Crippen LogP contribution is 2.22. The number of likely N-dealkylation sites (tertiary alicyclic amines) is 1. The fourth-order valence-electron chi connectivity index (χ4n) is 5.26. The van der Waals surface area contributed by atoms with E-state index < -0.39 is 0 Å². The van der Waals surface area contributed by atoms with Crippen LogP contribution in [0.3, 0.4) is 0 Å². The molecule has 2 aliphatic rings. The first-order valence-electron chi connectivity index (χ1n) is 12.6. The van der Waals surface area contributed by atoms with Crippen LogP contribution in [0.4, 0.5) is 0 Å². The van der Waals surface area contributed by atoms with Crippen LogP contribution < -0.4 is 5.32 Å². The van der Waals surface area contributed by atoms with Gasteiger partial charge in [0.15, 0.2) is 0 Å². The molecular weight excluding hydrogens is 440 g/mol. The molecule has 0 bridgehead atoms. The largest absolute Gasteiger partial charge is 0.379 e. The Labute approximate surface area is 206 Å². The number of aromatic nitrogens is 2. The molecule has 2 atom stereocenters. The van der Waals surface area contributed by atoms with Gasteiger partial charge in [-0.1, -0.05) is 42.5 Å². The monoisotopic (exact) mass is 474 g/mol. The molecule has 3 heterocycles. The van der Waals surface area contributed by atoms with Crippen molar-refractivity contribution < 1.29 is 14.3 Å². The molecule has 2 aliphatic heterocycles.